The smallest absolute Gasteiger partial charge is 0.320 e. The van der Waals surface area contributed by atoms with E-state index in [4.69, 9.17) is 5.11 Å². The van der Waals surface area contributed by atoms with Crippen LogP contribution in [0.25, 0.3) is 0 Å². The Labute approximate surface area is 73.4 Å². The molecule has 0 aliphatic heterocycles. The van der Waals surface area contributed by atoms with E-state index in [1.54, 1.807) is 6.92 Å². The molecule has 0 radical (unpaired) electrons. The SMILES string of the molecule is CC(C(=O)O)N(C)CCC1CC1. The molecule has 70 valence electrons. The van der Waals surface area contributed by atoms with Gasteiger partial charge in [-0.25, -0.2) is 0 Å². The molecule has 0 aromatic heterocycles. The molecule has 12 heavy (non-hydrogen) atoms. The highest BCUT2D eigenvalue weighted by molar-refractivity contribution is 5.72. The van der Waals surface area contributed by atoms with Gasteiger partial charge in [-0.15, -0.1) is 0 Å². The normalized spacial score (nSPS) is 19.6. The molecule has 3 nitrogen and oxygen atoms in total. The molecule has 0 amide bonds. The van der Waals surface area contributed by atoms with Gasteiger partial charge in [-0.2, -0.15) is 0 Å². The molecular formula is C9H17NO2. The van der Waals surface area contributed by atoms with Crippen LogP contribution in [0.15, 0.2) is 0 Å². The van der Waals surface area contributed by atoms with Crippen LogP contribution in [0, 0.1) is 5.92 Å². The summed E-state index contributed by atoms with van der Waals surface area (Å²) in [5, 5.41) is 8.69. The van der Waals surface area contributed by atoms with E-state index >= 15 is 0 Å². The van der Waals surface area contributed by atoms with E-state index in [2.05, 4.69) is 0 Å². The maximum Gasteiger partial charge on any atom is 0.320 e. The van der Waals surface area contributed by atoms with Crippen molar-refractivity contribution in [2.75, 3.05) is 13.6 Å². The van der Waals surface area contributed by atoms with Gasteiger partial charge in [-0.3, -0.25) is 9.69 Å². The van der Waals surface area contributed by atoms with Gasteiger partial charge in [0.2, 0.25) is 0 Å². The first-order chi connectivity index (χ1) is 5.61. The lowest BCUT2D eigenvalue weighted by atomic mass is 10.2. The van der Waals surface area contributed by atoms with Crippen LogP contribution in [-0.2, 0) is 4.79 Å². The minimum atomic E-state index is -0.728. The second-order valence-electron chi connectivity index (χ2n) is 3.73. The monoisotopic (exact) mass is 171 g/mol. The number of hydrogen-bond donors (Lipinski definition) is 1. The molecule has 0 aromatic carbocycles. The molecule has 0 spiro atoms. The van der Waals surface area contributed by atoms with Crippen molar-refractivity contribution in [2.24, 2.45) is 5.92 Å². The van der Waals surface area contributed by atoms with Gasteiger partial charge >= 0.3 is 5.97 Å². The van der Waals surface area contributed by atoms with Gasteiger partial charge in [-0.1, -0.05) is 12.8 Å². The largest absolute Gasteiger partial charge is 0.480 e. The van der Waals surface area contributed by atoms with Crippen molar-refractivity contribution in [3.8, 4) is 0 Å². The number of carbonyl (C=O) groups is 1. The summed E-state index contributed by atoms with van der Waals surface area (Å²) >= 11 is 0. The summed E-state index contributed by atoms with van der Waals surface area (Å²) in [6.45, 7) is 2.65. The summed E-state index contributed by atoms with van der Waals surface area (Å²) in [5.74, 6) is 0.154. The molecular weight excluding hydrogens is 154 g/mol. The van der Waals surface area contributed by atoms with E-state index in [1.807, 2.05) is 11.9 Å². The van der Waals surface area contributed by atoms with Gasteiger partial charge < -0.3 is 5.11 Å². The zero-order valence-corrected chi connectivity index (χ0v) is 7.79. The molecule has 0 bridgehead atoms. The number of aliphatic carboxylic acids is 1. The molecule has 1 atom stereocenters. The Hall–Kier alpha value is -0.570. The molecule has 1 aliphatic rings. The molecule has 0 saturated heterocycles. The quantitative estimate of drug-likeness (QED) is 0.675. The molecule has 3 heteroatoms. The van der Waals surface area contributed by atoms with Crippen molar-refractivity contribution in [1.82, 2.24) is 4.90 Å². The van der Waals surface area contributed by atoms with Gasteiger partial charge in [0.15, 0.2) is 0 Å². The zero-order valence-electron chi connectivity index (χ0n) is 7.79. The Balaban J connectivity index is 2.16. The third kappa shape index (κ3) is 2.81. The van der Waals surface area contributed by atoms with Crippen molar-refractivity contribution < 1.29 is 9.90 Å². The third-order valence-electron chi connectivity index (χ3n) is 2.61. The molecule has 1 rings (SSSR count). The fraction of sp³-hybridized carbons (Fsp3) is 0.889. The van der Waals surface area contributed by atoms with Crippen LogP contribution in [0.2, 0.25) is 0 Å². The summed E-state index contributed by atoms with van der Waals surface area (Å²) in [4.78, 5) is 12.5. The Kier molecular flexibility index (Phi) is 3.09. The van der Waals surface area contributed by atoms with Gasteiger partial charge in [0, 0.05) is 0 Å². The summed E-state index contributed by atoms with van der Waals surface area (Å²) < 4.78 is 0. The van der Waals surface area contributed by atoms with E-state index in [-0.39, 0.29) is 6.04 Å². The molecule has 1 unspecified atom stereocenters. The molecule has 0 aromatic rings. The summed E-state index contributed by atoms with van der Waals surface area (Å²) in [6.07, 6.45) is 3.85. The standard InChI is InChI=1S/C9H17NO2/c1-7(9(11)12)10(2)6-5-8-3-4-8/h7-8H,3-6H2,1-2H3,(H,11,12). The lowest BCUT2D eigenvalue weighted by Crippen LogP contribution is -2.36. The van der Waals surface area contributed by atoms with Gasteiger partial charge in [0.1, 0.15) is 6.04 Å². The highest BCUT2D eigenvalue weighted by Gasteiger charge is 2.23. The molecule has 1 aliphatic carbocycles. The van der Waals surface area contributed by atoms with E-state index in [9.17, 15) is 4.79 Å². The average molecular weight is 171 g/mol. The number of likely N-dealkylation sites (N-methyl/N-ethyl adjacent to an activating group) is 1. The van der Waals surface area contributed by atoms with Crippen molar-refractivity contribution in [3.05, 3.63) is 0 Å². The maximum atomic E-state index is 10.6. The molecule has 0 heterocycles. The minimum Gasteiger partial charge on any atom is -0.480 e. The van der Waals surface area contributed by atoms with Crippen LogP contribution in [-0.4, -0.2) is 35.6 Å². The van der Waals surface area contributed by atoms with Crippen LogP contribution in [0.1, 0.15) is 26.2 Å². The summed E-state index contributed by atoms with van der Waals surface area (Å²) in [6, 6.07) is -0.344. The number of hydrogen-bond acceptors (Lipinski definition) is 2. The average Bonchev–Trinajstić information content (AvgIpc) is 2.81. The van der Waals surface area contributed by atoms with E-state index in [1.165, 1.54) is 12.8 Å². The van der Waals surface area contributed by atoms with E-state index < -0.39 is 5.97 Å². The highest BCUT2D eigenvalue weighted by atomic mass is 16.4. The lowest BCUT2D eigenvalue weighted by molar-refractivity contribution is -0.142. The third-order valence-corrected chi connectivity index (χ3v) is 2.61. The summed E-state index contributed by atoms with van der Waals surface area (Å²) in [7, 11) is 1.88. The first-order valence-corrected chi connectivity index (χ1v) is 4.54. The second kappa shape index (κ2) is 3.90. The van der Waals surface area contributed by atoms with Crippen molar-refractivity contribution >= 4 is 5.97 Å². The van der Waals surface area contributed by atoms with Crippen LogP contribution < -0.4 is 0 Å². The molecule has 1 saturated carbocycles. The first kappa shape index (κ1) is 9.52. The van der Waals surface area contributed by atoms with Gasteiger partial charge in [0.05, 0.1) is 0 Å². The van der Waals surface area contributed by atoms with Gasteiger partial charge in [0.25, 0.3) is 0 Å². The maximum absolute atomic E-state index is 10.6. The fourth-order valence-corrected chi connectivity index (χ4v) is 1.17. The predicted octanol–water partition coefficient (Wildman–Crippen LogP) is 1.19. The Morgan fingerprint density at radius 1 is 1.67 bits per heavy atom. The van der Waals surface area contributed by atoms with Crippen LogP contribution in [0.5, 0.6) is 0 Å². The van der Waals surface area contributed by atoms with Crippen LogP contribution >= 0.6 is 0 Å². The van der Waals surface area contributed by atoms with Crippen LogP contribution in [0.4, 0.5) is 0 Å². The highest BCUT2D eigenvalue weighted by Crippen LogP contribution is 2.32. The molecule has 1 fully saturated rings. The van der Waals surface area contributed by atoms with E-state index in [0.29, 0.717) is 0 Å². The Bertz CT molecular complexity index is 166. The Morgan fingerprint density at radius 2 is 2.25 bits per heavy atom. The summed E-state index contributed by atoms with van der Waals surface area (Å²) in [5.41, 5.74) is 0. The lowest BCUT2D eigenvalue weighted by Gasteiger charge is -2.20. The first-order valence-electron chi connectivity index (χ1n) is 4.54. The van der Waals surface area contributed by atoms with Crippen molar-refractivity contribution in [2.45, 2.75) is 32.2 Å². The Morgan fingerprint density at radius 3 is 2.67 bits per heavy atom. The fourth-order valence-electron chi connectivity index (χ4n) is 1.17. The van der Waals surface area contributed by atoms with E-state index in [0.717, 1.165) is 18.9 Å². The minimum absolute atomic E-state index is 0.344. The number of carboxylic acids is 1. The molecule has 1 N–H and O–H groups in total. The number of rotatable bonds is 5. The van der Waals surface area contributed by atoms with Crippen molar-refractivity contribution in [1.29, 1.82) is 0 Å². The number of nitrogens with zero attached hydrogens (tertiary/aromatic N) is 1. The topological polar surface area (TPSA) is 40.5 Å². The van der Waals surface area contributed by atoms with Crippen LogP contribution in [0.3, 0.4) is 0 Å². The zero-order chi connectivity index (χ0) is 9.14. The predicted molar refractivity (Wildman–Crippen MR) is 47.1 cm³/mol. The van der Waals surface area contributed by atoms with Crippen molar-refractivity contribution in [3.63, 3.8) is 0 Å². The number of carboxylic acid groups (broad SMARTS) is 1. The van der Waals surface area contributed by atoms with Gasteiger partial charge in [-0.05, 0) is 32.9 Å². The second-order valence-corrected chi connectivity index (χ2v) is 3.73.